The van der Waals surface area contributed by atoms with Crippen LogP contribution in [0.3, 0.4) is 0 Å². The molecule has 2 fully saturated rings. The van der Waals surface area contributed by atoms with Gasteiger partial charge in [0.05, 0.1) is 11.5 Å². The zero-order valence-electron chi connectivity index (χ0n) is 8.63. The van der Waals surface area contributed by atoms with Crippen molar-refractivity contribution in [1.82, 2.24) is 0 Å². The summed E-state index contributed by atoms with van der Waals surface area (Å²) in [5.41, 5.74) is 0.0521. The lowest BCUT2D eigenvalue weighted by atomic mass is 9.80. The van der Waals surface area contributed by atoms with Crippen LogP contribution in [-0.2, 0) is 14.2 Å². The highest BCUT2D eigenvalue weighted by Gasteiger charge is 2.61. The number of methoxy groups -OCH3 is 2. The molecule has 3 heteroatoms. The zero-order valence-corrected chi connectivity index (χ0v) is 8.63. The molecular formula is C10H18O3. The van der Waals surface area contributed by atoms with E-state index in [9.17, 15) is 0 Å². The molecule has 1 saturated carbocycles. The van der Waals surface area contributed by atoms with Crippen LogP contribution < -0.4 is 0 Å². The van der Waals surface area contributed by atoms with Crippen molar-refractivity contribution in [1.29, 1.82) is 0 Å². The number of hydrogen-bond acceptors (Lipinski definition) is 3. The van der Waals surface area contributed by atoms with Crippen LogP contribution in [0.2, 0.25) is 0 Å². The Kier molecular flexibility index (Phi) is 2.13. The lowest BCUT2D eigenvalue weighted by Crippen LogP contribution is -2.49. The predicted octanol–water partition coefficient (Wildman–Crippen LogP) is 1.56. The standard InChI is InChI=1S/C10H18O3/c1-9-6-4-5-8(9)13-7-10(9,11-2)12-3/h8H,4-7H2,1-3H3/t8-,9+/m1/s1. The molecule has 2 rings (SSSR count). The molecule has 0 unspecified atom stereocenters. The molecule has 13 heavy (non-hydrogen) atoms. The third-order valence-corrected chi connectivity index (χ3v) is 3.88. The normalized spacial score (nSPS) is 42.2. The molecule has 0 aromatic heterocycles. The van der Waals surface area contributed by atoms with E-state index in [2.05, 4.69) is 6.92 Å². The van der Waals surface area contributed by atoms with Gasteiger partial charge < -0.3 is 14.2 Å². The summed E-state index contributed by atoms with van der Waals surface area (Å²) in [5, 5.41) is 0. The lowest BCUT2D eigenvalue weighted by molar-refractivity contribution is -0.252. The highest BCUT2D eigenvalue weighted by molar-refractivity contribution is 5.04. The minimum atomic E-state index is -0.506. The van der Waals surface area contributed by atoms with Crippen LogP contribution in [0, 0.1) is 5.41 Å². The fourth-order valence-electron chi connectivity index (χ4n) is 2.88. The SMILES string of the molecule is COC1(OC)CO[C@@H]2CCC[C@@]21C. The van der Waals surface area contributed by atoms with Gasteiger partial charge in [-0.25, -0.2) is 0 Å². The summed E-state index contributed by atoms with van der Waals surface area (Å²) in [7, 11) is 3.41. The third-order valence-electron chi connectivity index (χ3n) is 3.88. The first-order valence-electron chi connectivity index (χ1n) is 4.90. The van der Waals surface area contributed by atoms with Crippen molar-refractivity contribution in [3.63, 3.8) is 0 Å². The first-order valence-corrected chi connectivity index (χ1v) is 4.90. The molecule has 0 aromatic rings. The molecule has 1 aliphatic heterocycles. The maximum absolute atomic E-state index is 5.73. The first kappa shape index (κ1) is 9.44. The molecule has 1 heterocycles. The van der Waals surface area contributed by atoms with E-state index in [1.54, 1.807) is 14.2 Å². The van der Waals surface area contributed by atoms with Gasteiger partial charge in [0, 0.05) is 14.2 Å². The van der Waals surface area contributed by atoms with Crippen molar-refractivity contribution in [2.24, 2.45) is 5.41 Å². The Hall–Kier alpha value is -0.120. The topological polar surface area (TPSA) is 27.7 Å². The summed E-state index contributed by atoms with van der Waals surface area (Å²) >= 11 is 0. The van der Waals surface area contributed by atoms with Gasteiger partial charge in [-0.1, -0.05) is 6.92 Å². The van der Waals surface area contributed by atoms with Gasteiger partial charge in [0.25, 0.3) is 0 Å². The summed E-state index contributed by atoms with van der Waals surface area (Å²) in [6, 6.07) is 0. The second-order valence-electron chi connectivity index (χ2n) is 4.27. The Labute approximate surface area is 79.4 Å². The number of fused-ring (bicyclic) bond motifs is 1. The maximum Gasteiger partial charge on any atom is 0.199 e. The molecule has 76 valence electrons. The lowest BCUT2D eigenvalue weighted by Gasteiger charge is -2.38. The average molecular weight is 186 g/mol. The molecule has 0 spiro atoms. The monoisotopic (exact) mass is 186 g/mol. The van der Waals surface area contributed by atoms with Gasteiger partial charge in [-0.2, -0.15) is 0 Å². The van der Waals surface area contributed by atoms with Crippen LogP contribution >= 0.6 is 0 Å². The maximum atomic E-state index is 5.73. The van der Waals surface area contributed by atoms with Crippen molar-refractivity contribution in [2.45, 2.75) is 38.1 Å². The highest BCUT2D eigenvalue weighted by atomic mass is 16.7. The molecule has 0 aromatic carbocycles. The van der Waals surface area contributed by atoms with Gasteiger partial charge >= 0.3 is 0 Å². The molecule has 1 aliphatic carbocycles. The van der Waals surface area contributed by atoms with Crippen LogP contribution in [0.15, 0.2) is 0 Å². The number of hydrogen-bond donors (Lipinski definition) is 0. The van der Waals surface area contributed by atoms with E-state index in [0.29, 0.717) is 12.7 Å². The van der Waals surface area contributed by atoms with Gasteiger partial charge in [0.2, 0.25) is 0 Å². The fourth-order valence-corrected chi connectivity index (χ4v) is 2.88. The second-order valence-corrected chi connectivity index (χ2v) is 4.27. The van der Waals surface area contributed by atoms with Gasteiger partial charge in [0.15, 0.2) is 5.79 Å². The van der Waals surface area contributed by atoms with Gasteiger partial charge in [-0.15, -0.1) is 0 Å². The van der Waals surface area contributed by atoms with Crippen molar-refractivity contribution >= 4 is 0 Å². The van der Waals surface area contributed by atoms with E-state index in [-0.39, 0.29) is 5.41 Å². The largest absolute Gasteiger partial charge is 0.372 e. The molecule has 0 bridgehead atoms. The quantitative estimate of drug-likeness (QED) is 0.613. The Balaban J connectivity index is 2.30. The van der Waals surface area contributed by atoms with E-state index < -0.39 is 5.79 Å². The van der Waals surface area contributed by atoms with Crippen LogP contribution in [0.4, 0.5) is 0 Å². The number of ether oxygens (including phenoxy) is 3. The van der Waals surface area contributed by atoms with E-state index in [1.807, 2.05) is 0 Å². The Morgan fingerprint density at radius 1 is 1.31 bits per heavy atom. The molecule has 2 aliphatic rings. The van der Waals surface area contributed by atoms with Crippen LogP contribution in [0.25, 0.3) is 0 Å². The Bertz CT molecular complexity index is 200. The fraction of sp³-hybridized carbons (Fsp3) is 1.00. The summed E-state index contributed by atoms with van der Waals surface area (Å²) in [6.45, 7) is 2.78. The summed E-state index contributed by atoms with van der Waals surface area (Å²) in [4.78, 5) is 0. The van der Waals surface area contributed by atoms with Crippen molar-refractivity contribution in [3.05, 3.63) is 0 Å². The Morgan fingerprint density at radius 2 is 2.00 bits per heavy atom. The van der Waals surface area contributed by atoms with Crippen LogP contribution in [0.5, 0.6) is 0 Å². The molecule has 1 saturated heterocycles. The molecule has 2 atom stereocenters. The van der Waals surface area contributed by atoms with Crippen molar-refractivity contribution in [2.75, 3.05) is 20.8 Å². The minimum absolute atomic E-state index is 0.0521. The highest BCUT2D eigenvalue weighted by Crippen LogP contribution is 2.54. The van der Waals surface area contributed by atoms with Gasteiger partial charge in [-0.3, -0.25) is 0 Å². The van der Waals surface area contributed by atoms with E-state index in [0.717, 1.165) is 12.8 Å². The van der Waals surface area contributed by atoms with Crippen molar-refractivity contribution in [3.8, 4) is 0 Å². The average Bonchev–Trinajstić information content (AvgIpc) is 2.61. The van der Waals surface area contributed by atoms with E-state index in [4.69, 9.17) is 14.2 Å². The summed E-state index contributed by atoms with van der Waals surface area (Å²) in [5.74, 6) is -0.506. The molecule has 0 radical (unpaired) electrons. The first-order chi connectivity index (χ1) is 6.18. The second kappa shape index (κ2) is 2.94. The third kappa shape index (κ3) is 1.01. The van der Waals surface area contributed by atoms with E-state index in [1.165, 1.54) is 6.42 Å². The van der Waals surface area contributed by atoms with Crippen LogP contribution in [0.1, 0.15) is 26.2 Å². The van der Waals surface area contributed by atoms with Crippen LogP contribution in [-0.4, -0.2) is 32.7 Å². The molecule has 0 amide bonds. The van der Waals surface area contributed by atoms with Gasteiger partial charge in [-0.05, 0) is 19.3 Å². The van der Waals surface area contributed by atoms with Gasteiger partial charge in [0.1, 0.15) is 6.61 Å². The van der Waals surface area contributed by atoms with E-state index >= 15 is 0 Å². The number of rotatable bonds is 2. The summed E-state index contributed by atoms with van der Waals surface area (Å²) in [6.07, 6.45) is 3.83. The smallest absolute Gasteiger partial charge is 0.199 e. The Morgan fingerprint density at radius 3 is 2.62 bits per heavy atom. The minimum Gasteiger partial charge on any atom is -0.372 e. The predicted molar refractivity (Wildman–Crippen MR) is 48.4 cm³/mol. The molecule has 0 N–H and O–H groups in total. The summed E-state index contributed by atoms with van der Waals surface area (Å²) < 4.78 is 16.8. The molecular weight excluding hydrogens is 168 g/mol. The molecule has 3 nitrogen and oxygen atoms in total. The van der Waals surface area contributed by atoms with Crippen molar-refractivity contribution < 1.29 is 14.2 Å². The zero-order chi connectivity index (χ0) is 9.53.